The van der Waals surface area contributed by atoms with Crippen LogP contribution in [0.2, 0.25) is 10.0 Å². The Morgan fingerprint density at radius 2 is 1.93 bits per heavy atom. The minimum absolute atomic E-state index is 0.102. The van der Waals surface area contributed by atoms with Crippen LogP contribution in [0.3, 0.4) is 0 Å². The number of rotatable bonds is 9. The molecule has 0 radical (unpaired) electrons. The van der Waals surface area contributed by atoms with Crippen molar-refractivity contribution >= 4 is 58.0 Å². The highest BCUT2D eigenvalue weighted by Gasteiger charge is 2.12. The number of anilines is 1. The normalized spacial score (nSPS) is 10.1. The maximum absolute atomic E-state index is 12.2. The van der Waals surface area contributed by atoms with E-state index >= 15 is 0 Å². The third-order valence-corrected chi connectivity index (χ3v) is 4.51. The van der Waals surface area contributed by atoms with Gasteiger partial charge in [-0.25, -0.2) is 0 Å². The Labute approximate surface area is 190 Å². The highest BCUT2D eigenvalue weighted by Crippen LogP contribution is 2.27. The van der Waals surface area contributed by atoms with Gasteiger partial charge in [0.2, 0.25) is 5.91 Å². The monoisotopic (exact) mass is 465 g/mol. The molecule has 158 valence electrons. The molecule has 0 aliphatic carbocycles. The molecule has 2 rings (SSSR count). The van der Waals surface area contributed by atoms with Crippen molar-refractivity contribution in [3.05, 3.63) is 70.7 Å². The van der Waals surface area contributed by atoms with E-state index in [2.05, 4.69) is 22.5 Å². The molecule has 0 saturated carbocycles. The number of benzene rings is 2. The molecule has 3 N–H and O–H groups in total. The minimum Gasteiger partial charge on any atom is -0.492 e. The van der Waals surface area contributed by atoms with Gasteiger partial charge in [-0.3, -0.25) is 9.59 Å². The van der Waals surface area contributed by atoms with Gasteiger partial charge in [-0.2, -0.15) is 0 Å². The SMILES string of the molecule is C=CCNC(=O)c1ccccc1NC(=S)NC(=O)CCCOc1ccc(Cl)cc1Cl. The Morgan fingerprint density at radius 1 is 1.17 bits per heavy atom. The second-order valence-corrected chi connectivity index (χ2v) is 7.33. The molecule has 2 aromatic rings. The molecule has 0 saturated heterocycles. The molecule has 0 aliphatic heterocycles. The molecule has 0 atom stereocenters. The maximum Gasteiger partial charge on any atom is 0.253 e. The van der Waals surface area contributed by atoms with E-state index in [1.54, 1.807) is 48.5 Å². The average Bonchev–Trinajstić information content (AvgIpc) is 2.71. The molecule has 0 heterocycles. The predicted molar refractivity (Wildman–Crippen MR) is 125 cm³/mol. The summed E-state index contributed by atoms with van der Waals surface area (Å²) in [4.78, 5) is 24.3. The van der Waals surface area contributed by atoms with Crippen molar-refractivity contribution in [2.45, 2.75) is 12.8 Å². The number of ether oxygens (including phenoxy) is 1. The predicted octanol–water partition coefficient (Wildman–Crippen LogP) is 4.58. The van der Waals surface area contributed by atoms with Crippen LogP contribution in [0.1, 0.15) is 23.2 Å². The third kappa shape index (κ3) is 7.67. The lowest BCUT2D eigenvalue weighted by molar-refractivity contribution is -0.119. The Bertz CT molecular complexity index is 937. The van der Waals surface area contributed by atoms with Crippen LogP contribution in [0.15, 0.2) is 55.1 Å². The summed E-state index contributed by atoms with van der Waals surface area (Å²) in [5.74, 6) is -0.0398. The highest BCUT2D eigenvalue weighted by molar-refractivity contribution is 7.80. The Morgan fingerprint density at radius 3 is 2.67 bits per heavy atom. The van der Waals surface area contributed by atoms with E-state index in [1.165, 1.54) is 0 Å². The van der Waals surface area contributed by atoms with Crippen molar-refractivity contribution in [1.82, 2.24) is 10.6 Å². The molecule has 0 aromatic heterocycles. The van der Waals surface area contributed by atoms with E-state index in [1.807, 2.05) is 0 Å². The number of carbonyl (C=O) groups is 2. The number of thiocarbonyl (C=S) groups is 1. The van der Waals surface area contributed by atoms with E-state index in [4.69, 9.17) is 40.2 Å². The summed E-state index contributed by atoms with van der Waals surface area (Å²) in [6.07, 6.45) is 2.26. The van der Waals surface area contributed by atoms with E-state index < -0.39 is 0 Å². The molecule has 9 heteroatoms. The first-order valence-electron chi connectivity index (χ1n) is 9.07. The standard InChI is InChI=1S/C21H21Cl2N3O3S/c1-2-11-24-20(28)15-6-3-4-7-17(15)25-21(30)26-19(27)8-5-12-29-18-10-9-14(22)13-16(18)23/h2-4,6-7,9-10,13H,1,5,8,11-12H2,(H,24,28)(H2,25,26,27,30). The van der Waals surface area contributed by atoms with E-state index in [-0.39, 0.29) is 23.3 Å². The zero-order valence-electron chi connectivity index (χ0n) is 16.0. The maximum atomic E-state index is 12.2. The summed E-state index contributed by atoms with van der Waals surface area (Å²) in [5.41, 5.74) is 0.897. The second kappa shape index (κ2) is 12.2. The van der Waals surface area contributed by atoms with Crippen LogP contribution in [0.4, 0.5) is 5.69 Å². The number of hydrogen-bond donors (Lipinski definition) is 3. The van der Waals surface area contributed by atoms with Crippen molar-refractivity contribution in [3.63, 3.8) is 0 Å². The number of hydrogen-bond acceptors (Lipinski definition) is 4. The zero-order chi connectivity index (χ0) is 21.9. The van der Waals surface area contributed by atoms with Crippen LogP contribution in [-0.2, 0) is 4.79 Å². The number of carbonyl (C=O) groups excluding carboxylic acids is 2. The lowest BCUT2D eigenvalue weighted by Crippen LogP contribution is -2.35. The van der Waals surface area contributed by atoms with Gasteiger partial charge in [0.1, 0.15) is 5.75 Å². The van der Waals surface area contributed by atoms with Gasteiger partial charge in [-0.15, -0.1) is 6.58 Å². The van der Waals surface area contributed by atoms with Gasteiger partial charge in [0.15, 0.2) is 5.11 Å². The van der Waals surface area contributed by atoms with Crippen LogP contribution >= 0.6 is 35.4 Å². The highest BCUT2D eigenvalue weighted by atomic mass is 35.5. The van der Waals surface area contributed by atoms with Crippen molar-refractivity contribution < 1.29 is 14.3 Å². The number of amides is 2. The van der Waals surface area contributed by atoms with Gasteiger partial charge in [0.25, 0.3) is 5.91 Å². The number of nitrogens with one attached hydrogen (secondary N) is 3. The molecule has 0 bridgehead atoms. The topological polar surface area (TPSA) is 79.5 Å². The zero-order valence-corrected chi connectivity index (χ0v) is 18.4. The number of para-hydroxylation sites is 1. The van der Waals surface area contributed by atoms with Gasteiger partial charge < -0.3 is 20.7 Å². The smallest absolute Gasteiger partial charge is 0.253 e. The first-order chi connectivity index (χ1) is 14.4. The number of halogens is 2. The molecular weight excluding hydrogens is 445 g/mol. The summed E-state index contributed by atoms with van der Waals surface area (Å²) in [6, 6.07) is 11.8. The van der Waals surface area contributed by atoms with Crippen LogP contribution < -0.4 is 20.7 Å². The van der Waals surface area contributed by atoms with E-state index in [9.17, 15) is 9.59 Å². The largest absolute Gasteiger partial charge is 0.492 e. The van der Waals surface area contributed by atoms with Gasteiger partial charge in [0.05, 0.1) is 22.9 Å². The van der Waals surface area contributed by atoms with E-state index in [0.717, 1.165) is 0 Å². The van der Waals surface area contributed by atoms with Crippen molar-refractivity contribution in [1.29, 1.82) is 0 Å². The molecule has 2 aromatic carbocycles. The van der Waals surface area contributed by atoms with Gasteiger partial charge in [-0.1, -0.05) is 41.4 Å². The third-order valence-electron chi connectivity index (χ3n) is 3.78. The summed E-state index contributed by atoms with van der Waals surface area (Å²) in [5, 5.41) is 9.20. The molecule has 30 heavy (non-hydrogen) atoms. The van der Waals surface area contributed by atoms with Gasteiger partial charge in [-0.05, 0) is 49.0 Å². The second-order valence-electron chi connectivity index (χ2n) is 6.07. The van der Waals surface area contributed by atoms with E-state index in [0.29, 0.717) is 46.6 Å². The average molecular weight is 466 g/mol. The minimum atomic E-state index is -0.273. The first kappa shape index (κ1) is 23.7. The fraction of sp³-hybridized carbons (Fsp3) is 0.190. The van der Waals surface area contributed by atoms with Crippen LogP contribution in [0.25, 0.3) is 0 Å². The summed E-state index contributed by atoms with van der Waals surface area (Å²) >= 11 is 17.0. The summed E-state index contributed by atoms with van der Waals surface area (Å²) in [7, 11) is 0. The summed E-state index contributed by atoms with van der Waals surface area (Å²) < 4.78 is 5.55. The summed E-state index contributed by atoms with van der Waals surface area (Å²) in [6.45, 7) is 4.22. The fourth-order valence-corrected chi connectivity index (χ4v) is 3.09. The molecule has 6 nitrogen and oxygen atoms in total. The van der Waals surface area contributed by atoms with Crippen molar-refractivity contribution in [2.24, 2.45) is 0 Å². The van der Waals surface area contributed by atoms with Crippen LogP contribution in [-0.4, -0.2) is 30.1 Å². The lowest BCUT2D eigenvalue weighted by atomic mass is 10.1. The Hall–Kier alpha value is -2.61. The molecular formula is C21H21Cl2N3O3S. The molecule has 0 fully saturated rings. The fourth-order valence-electron chi connectivity index (χ4n) is 2.40. The Kier molecular flexibility index (Phi) is 9.60. The van der Waals surface area contributed by atoms with Crippen molar-refractivity contribution in [3.8, 4) is 5.75 Å². The quantitative estimate of drug-likeness (QED) is 0.287. The van der Waals surface area contributed by atoms with Gasteiger partial charge >= 0.3 is 0 Å². The lowest BCUT2D eigenvalue weighted by Gasteiger charge is -2.13. The first-order valence-corrected chi connectivity index (χ1v) is 10.2. The molecule has 0 aliphatic rings. The van der Waals surface area contributed by atoms with Crippen LogP contribution in [0.5, 0.6) is 5.75 Å². The molecule has 2 amide bonds. The molecule has 0 unspecified atom stereocenters. The van der Waals surface area contributed by atoms with Crippen LogP contribution in [0, 0.1) is 0 Å². The molecule has 0 spiro atoms. The van der Waals surface area contributed by atoms with Gasteiger partial charge in [0, 0.05) is 18.0 Å². The van der Waals surface area contributed by atoms with Crippen molar-refractivity contribution in [2.75, 3.05) is 18.5 Å². The Balaban J connectivity index is 1.79.